The second-order valence-corrected chi connectivity index (χ2v) is 10.7. The fraction of sp³-hybridized carbons (Fsp3) is 0.250. The highest BCUT2D eigenvalue weighted by Crippen LogP contribution is 2.32. The molecule has 34 heavy (non-hydrogen) atoms. The van der Waals surface area contributed by atoms with Gasteiger partial charge >= 0.3 is 0 Å². The van der Waals surface area contributed by atoms with Crippen LogP contribution < -0.4 is 10.1 Å². The second kappa shape index (κ2) is 9.57. The second-order valence-electron chi connectivity index (χ2n) is 7.87. The number of carbonyl (C=O) groups excluding carboxylic acids is 1. The van der Waals surface area contributed by atoms with Crippen molar-refractivity contribution in [2.45, 2.75) is 31.7 Å². The molecule has 178 valence electrons. The molecule has 0 spiro atoms. The van der Waals surface area contributed by atoms with Crippen LogP contribution in [0.2, 0.25) is 0 Å². The number of sulfonamides is 1. The van der Waals surface area contributed by atoms with Crippen LogP contribution in [0.4, 0.5) is 5.13 Å². The number of furan rings is 1. The number of anilines is 1. The number of hydrogen-bond donors (Lipinski definition) is 1. The van der Waals surface area contributed by atoms with Crippen LogP contribution in [-0.2, 0) is 10.0 Å². The van der Waals surface area contributed by atoms with E-state index in [-0.39, 0.29) is 16.8 Å². The lowest BCUT2D eigenvalue weighted by molar-refractivity contribution is 0.102. The van der Waals surface area contributed by atoms with Crippen LogP contribution in [0.1, 0.15) is 31.1 Å². The van der Waals surface area contributed by atoms with Crippen LogP contribution in [0.5, 0.6) is 5.75 Å². The Labute approximate surface area is 202 Å². The first-order chi connectivity index (χ1) is 16.2. The molecule has 2 aromatic carbocycles. The Hall–Kier alpha value is -3.21. The summed E-state index contributed by atoms with van der Waals surface area (Å²) in [6, 6.07) is 13.1. The Morgan fingerprint density at radius 2 is 1.91 bits per heavy atom. The quantitative estimate of drug-likeness (QED) is 0.356. The van der Waals surface area contributed by atoms with Crippen molar-refractivity contribution in [1.82, 2.24) is 9.29 Å². The molecule has 2 heterocycles. The summed E-state index contributed by atoms with van der Waals surface area (Å²) in [5.74, 6) is 0.973. The van der Waals surface area contributed by atoms with Gasteiger partial charge in [-0.1, -0.05) is 0 Å². The molecule has 0 saturated heterocycles. The number of hydrogen-bond acceptors (Lipinski definition) is 7. The molecule has 0 radical (unpaired) electrons. The standard InChI is InChI=1S/C24H25N3O5S2/c1-5-31-18-8-11-21-17(12-18)13-22(32-21)20-14-33-24(25-20)26-23(28)16-6-9-19(10-7-16)34(29,30)27(4)15(2)3/h6-15H,5H2,1-4H3,(H,25,26,28). The third-order valence-electron chi connectivity index (χ3n) is 5.30. The molecule has 2 aromatic heterocycles. The maximum atomic E-state index is 12.7. The molecule has 10 heteroatoms. The van der Waals surface area contributed by atoms with E-state index in [0.717, 1.165) is 16.7 Å². The molecule has 0 fully saturated rings. The minimum atomic E-state index is -3.61. The van der Waals surface area contributed by atoms with Crippen LogP contribution in [0.25, 0.3) is 22.4 Å². The minimum absolute atomic E-state index is 0.133. The third-order valence-corrected chi connectivity index (χ3v) is 8.10. The van der Waals surface area contributed by atoms with E-state index >= 15 is 0 Å². The summed E-state index contributed by atoms with van der Waals surface area (Å²) in [5, 5.41) is 5.86. The van der Waals surface area contributed by atoms with E-state index in [4.69, 9.17) is 9.15 Å². The zero-order valence-electron chi connectivity index (χ0n) is 19.2. The zero-order chi connectivity index (χ0) is 24.5. The SMILES string of the molecule is CCOc1ccc2oc(-c3csc(NC(=O)c4ccc(S(=O)(=O)N(C)C(C)C)cc4)n3)cc2c1. The third kappa shape index (κ3) is 4.84. The van der Waals surface area contributed by atoms with E-state index in [1.807, 2.05) is 31.2 Å². The number of rotatable bonds is 8. The summed E-state index contributed by atoms with van der Waals surface area (Å²) >= 11 is 1.27. The summed E-state index contributed by atoms with van der Waals surface area (Å²) in [6.45, 7) is 6.10. The number of thiazole rings is 1. The van der Waals surface area contributed by atoms with Crippen molar-refractivity contribution in [3.05, 3.63) is 59.5 Å². The first-order valence-corrected chi connectivity index (χ1v) is 13.0. The molecule has 0 aliphatic heterocycles. The molecule has 1 amide bonds. The van der Waals surface area contributed by atoms with E-state index in [1.165, 1.54) is 47.0 Å². The van der Waals surface area contributed by atoms with Gasteiger partial charge in [-0.25, -0.2) is 13.4 Å². The Morgan fingerprint density at radius 1 is 1.18 bits per heavy atom. The molecule has 0 bridgehead atoms. The van der Waals surface area contributed by atoms with Crippen molar-refractivity contribution in [1.29, 1.82) is 0 Å². The number of ether oxygens (including phenoxy) is 1. The molecule has 1 N–H and O–H groups in total. The van der Waals surface area contributed by atoms with Gasteiger partial charge in [-0.2, -0.15) is 4.31 Å². The van der Waals surface area contributed by atoms with E-state index < -0.39 is 10.0 Å². The summed E-state index contributed by atoms with van der Waals surface area (Å²) in [5.41, 5.74) is 1.65. The van der Waals surface area contributed by atoms with Gasteiger partial charge in [-0.05, 0) is 69.3 Å². The Kier molecular flexibility index (Phi) is 6.74. The van der Waals surface area contributed by atoms with Crippen molar-refractivity contribution in [3.8, 4) is 17.2 Å². The number of fused-ring (bicyclic) bond motifs is 1. The first-order valence-electron chi connectivity index (χ1n) is 10.7. The normalized spacial score (nSPS) is 11.9. The largest absolute Gasteiger partial charge is 0.494 e. The van der Waals surface area contributed by atoms with Crippen LogP contribution in [0, 0.1) is 0 Å². The number of benzene rings is 2. The molecule has 0 saturated carbocycles. The van der Waals surface area contributed by atoms with Crippen molar-refractivity contribution < 1.29 is 22.4 Å². The van der Waals surface area contributed by atoms with Crippen LogP contribution in [0.15, 0.2) is 63.2 Å². The predicted molar refractivity (Wildman–Crippen MR) is 133 cm³/mol. The molecule has 0 aliphatic carbocycles. The molecule has 0 aliphatic rings. The number of amides is 1. The summed E-state index contributed by atoms with van der Waals surface area (Å²) in [4.78, 5) is 17.3. The summed E-state index contributed by atoms with van der Waals surface area (Å²) < 4.78 is 37.9. The highest BCUT2D eigenvalue weighted by Gasteiger charge is 2.23. The minimum Gasteiger partial charge on any atom is -0.494 e. The van der Waals surface area contributed by atoms with Crippen LogP contribution >= 0.6 is 11.3 Å². The average Bonchev–Trinajstić information content (AvgIpc) is 3.45. The van der Waals surface area contributed by atoms with Gasteiger partial charge in [0.25, 0.3) is 5.91 Å². The molecular weight excluding hydrogens is 474 g/mol. The number of aromatic nitrogens is 1. The maximum absolute atomic E-state index is 12.7. The number of nitrogens with zero attached hydrogens (tertiary/aromatic N) is 2. The summed E-state index contributed by atoms with van der Waals surface area (Å²) in [6.07, 6.45) is 0. The molecular formula is C24H25N3O5S2. The van der Waals surface area contributed by atoms with Gasteiger partial charge in [0.1, 0.15) is 17.0 Å². The lowest BCUT2D eigenvalue weighted by Crippen LogP contribution is -2.33. The van der Waals surface area contributed by atoms with Gasteiger partial charge in [0.15, 0.2) is 10.9 Å². The van der Waals surface area contributed by atoms with E-state index in [2.05, 4.69) is 10.3 Å². The number of nitrogens with one attached hydrogen (secondary N) is 1. The van der Waals surface area contributed by atoms with Gasteiger partial charge < -0.3 is 9.15 Å². The monoisotopic (exact) mass is 499 g/mol. The van der Waals surface area contributed by atoms with Crippen molar-refractivity contribution >= 4 is 43.4 Å². The van der Waals surface area contributed by atoms with Gasteiger partial charge in [0, 0.05) is 29.4 Å². The van der Waals surface area contributed by atoms with Crippen LogP contribution in [-0.4, -0.2) is 43.3 Å². The fourth-order valence-corrected chi connectivity index (χ4v) is 5.30. The molecule has 0 unspecified atom stereocenters. The Bertz CT molecular complexity index is 1420. The van der Waals surface area contributed by atoms with Gasteiger partial charge in [0.05, 0.1) is 11.5 Å². The zero-order valence-corrected chi connectivity index (χ0v) is 20.9. The van der Waals surface area contributed by atoms with Gasteiger partial charge in [0.2, 0.25) is 10.0 Å². The van der Waals surface area contributed by atoms with Crippen molar-refractivity contribution in [3.63, 3.8) is 0 Å². The fourth-order valence-electron chi connectivity index (χ4n) is 3.24. The molecule has 4 rings (SSSR count). The topological polar surface area (TPSA) is 102 Å². The van der Waals surface area contributed by atoms with Crippen LogP contribution in [0.3, 0.4) is 0 Å². The van der Waals surface area contributed by atoms with E-state index in [1.54, 1.807) is 19.2 Å². The number of carbonyl (C=O) groups is 1. The van der Waals surface area contributed by atoms with Gasteiger partial charge in [-0.15, -0.1) is 11.3 Å². The first kappa shape index (κ1) is 23.9. The van der Waals surface area contributed by atoms with Crippen molar-refractivity contribution in [2.24, 2.45) is 0 Å². The Balaban J connectivity index is 1.48. The average molecular weight is 500 g/mol. The molecule has 4 aromatic rings. The lowest BCUT2D eigenvalue weighted by Gasteiger charge is -2.20. The molecule has 8 nitrogen and oxygen atoms in total. The smallest absolute Gasteiger partial charge is 0.257 e. The van der Waals surface area contributed by atoms with Crippen molar-refractivity contribution in [2.75, 3.05) is 19.0 Å². The summed E-state index contributed by atoms with van der Waals surface area (Å²) in [7, 11) is -2.08. The predicted octanol–water partition coefficient (Wildman–Crippen LogP) is 5.24. The van der Waals surface area contributed by atoms with Gasteiger partial charge in [-0.3, -0.25) is 10.1 Å². The lowest BCUT2D eigenvalue weighted by atomic mass is 10.2. The Morgan fingerprint density at radius 3 is 2.59 bits per heavy atom. The van der Waals surface area contributed by atoms with E-state index in [9.17, 15) is 13.2 Å². The highest BCUT2D eigenvalue weighted by molar-refractivity contribution is 7.89. The molecule has 0 atom stereocenters. The highest BCUT2D eigenvalue weighted by atomic mass is 32.2. The van der Waals surface area contributed by atoms with E-state index in [0.29, 0.717) is 28.8 Å². The maximum Gasteiger partial charge on any atom is 0.257 e.